The molecule has 2 rings (SSSR count). The fourth-order valence-electron chi connectivity index (χ4n) is 1.69. The van der Waals surface area contributed by atoms with E-state index in [2.05, 4.69) is 9.97 Å². The minimum Gasteiger partial charge on any atom is -0.497 e. The van der Waals surface area contributed by atoms with Crippen LogP contribution < -0.4 is 4.74 Å². The third-order valence-corrected chi connectivity index (χ3v) is 3.05. The summed E-state index contributed by atoms with van der Waals surface area (Å²) in [7, 11) is 1.66. The van der Waals surface area contributed by atoms with E-state index in [4.69, 9.17) is 17.0 Å². The second kappa shape index (κ2) is 4.67. The van der Waals surface area contributed by atoms with Crippen molar-refractivity contribution in [3.8, 4) is 17.0 Å². The molecule has 0 aliphatic carbocycles. The van der Waals surface area contributed by atoms with E-state index in [0.717, 1.165) is 28.4 Å². The van der Waals surface area contributed by atoms with Gasteiger partial charge in [0, 0.05) is 5.56 Å². The van der Waals surface area contributed by atoms with Crippen LogP contribution in [0.5, 0.6) is 5.75 Å². The van der Waals surface area contributed by atoms with Crippen LogP contribution in [0.15, 0.2) is 24.3 Å². The number of hydrogen-bond donors (Lipinski definition) is 1. The number of H-pyrrole nitrogens is 1. The number of aromatic nitrogens is 2. The summed E-state index contributed by atoms with van der Waals surface area (Å²) in [6, 6.07) is 7.88. The first-order chi connectivity index (χ1) is 8.11. The first kappa shape index (κ1) is 11.8. The van der Waals surface area contributed by atoms with E-state index in [1.807, 2.05) is 38.1 Å². The van der Waals surface area contributed by atoms with Crippen molar-refractivity contribution in [3.05, 3.63) is 40.3 Å². The zero-order valence-electron chi connectivity index (χ0n) is 10.1. The quantitative estimate of drug-likeness (QED) is 0.825. The molecule has 0 spiro atoms. The zero-order valence-corrected chi connectivity index (χ0v) is 10.9. The summed E-state index contributed by atoms with van der Waals surface area (Å²) < 4.78 is 5.79. The first-order valence-corrected chi connectivity index (χ1v) is 5.74. The van der Waals surface area contributed by atoms with Gasteiger partial charge in [0.2, 0.25) is 0 Å². The lowest BCUT2D eigenvalue weighted by molar-refractivity contribution is 0.415. The molecule has 0 aliphatic rings. The van der Waals surface area contributed by atoms with Crippen molar-refractivity contribution in [1.29, 1.82) is 0 Å². The highest BCUT2D eigenvalue weighted by Gasteiger charge is 2.05. The van der Waals surface area contributed by atoms with Crippen molar-refractivity contribution < 1.29 is 4.74 Å². The van der Waals surface area contributed by atoms with E-state index < -0.39 is 0 Å². The van der Waals surface area contributed by atoms with Gasteiger partial charge in [-0.15, -0.1) is 0 Å². The third kappa shape index (κ3) is 2.36. The maximum absolute atomic E-state index is 5.22. The molecule has 0 amide bonds. The molecule has 0 saturated heterocycles. The first-order valence-electron chi connectivity index (χ1n) is 5.34. The monoisotopic (exact) mass is 246 g/mol. The number of ether oxygens (including phenoxy) is 1. The lowest BCUT2D eigenvalue weighted by Gasteiger charge is -2.08. The van der Waals surface area contributed by atoms with Gasteiger partial charge in [0.05, 0.1) is 12.8 Å². The molecule has 1 aromatic carbocycles. The topological polar surface area (TPSA) is 37.9 Å². The van der Waals surface area contributed by atoms with E-state index in [9.17, 15) is 0 Å². The molecular formula is C13H14N2OS. The minimum atomic E-state index is 0.645. The summed E-state index contributed by atoms with van der Waals surface area (Å²) >= 11 is 5.22. The smallest absolute Gasteiger partial charge is 0.133 e. The van der Waals surface area contributed by atoms with Gasteiger partial charge in [-0.1, -0.05) is 12.2 Å². The second-order valence-corrected chi connectivity index (χ2v) is 4.24. The van der Waals surface area contributed by atoms with Gasteiger partial charge in [0.25, 0.3) is 0 Å². The highest BCUT2D eigenvalue weighted by Crippen LogP contribution is 2.23. The van der Waals surface area contributed by atoms with Crippen molar-refractivity contribution in [3.63, 3.8) is 0 Å². The highest BCUT2D eigenvalue weighted by atomic mass is 32.1. The van der Waals surface area contributed by atoms with Gasteiger partial charge in [-0.3, -0.25) is 0 Å². The molecule has 0 fully saturated rings. The Balaban J connectivity index is 2.56. The van der Waals surface area contributed by atoms with Crippen LogP contribution >= 0.6 is 12.2 Å². The molecule has 1 N–H and O–H groups in total. The fourth-order valence-corrected chi connectivity index (χ4v) is 1.93. The van der Waals surface area contributed by atoms with Gasteiger partial charge in [-0.05, 0) is 43.7 Å². The largest absolute Gasteiger partial charge is 0.497 e. The molecule has 0 bridgehead atoms. The van der Waals surface area contributed by atoms with Crippen LogP contribution in [0.4, 0.5) is 0 Å². The van der Waals surface area contributed by atoms with Gasteiger partial charge in [-0.25, -0.2) is 4.98 Å². The van der Waals surface area contributed by atoms with Crippen LogP contribution in [0.1, 0.15) is 11.4 Å². The molecule has 0 radical (unpaired) electrons. The minimum absolute atomic E-state index is 0.645. The molecule has 0 unspecified atom stereocenters. The van der Waals surface area contributed by atoms with Crippen LogP contribution in [-0.2, 0) is 0 Å². The van der Waals surface area contributed by atoms with Crippen molar-refractivity contribution in [2.24, 2.45) is 0 Å². The van der Waals surface area contributed by atoms with E-state index in [0.29, 0.717) is 4.64 Å². The molecule has 88 valence electrons. The molecule has 1 aromatic heterocycles. The molecule has 0 saturated carbocycles. The van der Waals surface area contributed by atoms with E-state index in [-0.39, 0.29) is 0 Å². The number of nitrogens with one attached hydrogen (secondary N) is 1. The summed E-state index contributed by atoms with van der Waals surface area (Å²) in [5, 5.41) is 0. The van der Waals surface area contributed by atoms with Crippen LogP contribution in [0.3, 0.4) is 0 Å². The molecule has 1 heterocycles. The molecule has 4 heteroatoms. The van der Waals surface area contributed by atoms with Crippen molar-refractivity contribution in [2.45, 2.75) is 13.8 Å². The van der Waals surface area contributed by atoms with Crippen LogP contribution in [-0.4, -0.2) is 17.1 Å². The number of nitrogens with zero attached hydrogens (tertiary/aromatic N) is 1. The van der Waals surface area contributed by atoms with Crippen LogP contribution in [0.25, 0.3) is 11.3 Å². The Morgan fingerprint density at radius 3 is 2.41 bits per heavy atom. The number of aromatic amines is 1. The number of aryl methyl sites for hydroxylation is 1. The third-order valence-electron chi connectivity index (χ3n) is 2.65. The number of rotatable bonds is 2. The van der Waals surface area contributed by atoms with Gasteiger partial charge >= 0.3 is 0 Å². The molecule has 0 aliphatic heterocycles. The van der Waals surface area contributed by atoms with Crippen LogP contribution in [0, 0.1) is 18.5 Å². The van der Waals surface area contributed by atoms with Gasteiger partial charge < -0.3 is 9.72 Å². The van der Waals surface area contributed by atoms with E-state index in [1.165, 1.54) is 0 Å². The molecular weight excluding hydrogens is 232 g/mol. The van der Waals surface area contributed by atoms with E-state index in [1.54, 1.807) is 7.11 Å². The predicted octanol–water partition coefficient (Wildman–Crippen LogP) is 3.43. The van der Waals surface area contributed by atoms with Gasteiger partial charge in [0.15, 0.2) is 0 Å². The van der Waals surface area contributed by atoms with Gasteiger partial charge in [-0.2, -0.15) is 0 Å². The maximum atomic E-state index is 5.22. The molecule has 3 nitrogen and oxygen atoms in total. The Hall–Kier alpha value is -1.68. The predicted molar refractivity (Wildman–Crippen MR) is 70.9 cm³/mol. The van der Waals surface area contributed by atoms with E-state index >= 15 is 0 Å². The average molecular weight is 246 g/mol. The highest BCUT2D eigenvalue weighted by molar-refractivity contribution is 7.71. The number of hydrogen-bond acceptors (Lipinski definition) is 3. The Kier molecular flexibility index (Phi) is 3.24. The Bertz CT molecular complexity index is 587. The number of benzene rings is 1. The fraction of sp³-hybridized carbons (Fsp3) is 0.231. The molecule has 0 atom stereocenters. The number of methoxy groups -OCH3 is 1. The summed E-state index contributed by atoms with van der Waals surface area (Å²) in [5.41, 5.74) is 3.10. The molecule has 17 heavy (non-hydrogen) atoms. The lowest BCUT2D eigenvalue weighted by Crippen LogP contribution is -1.96. The van der Waals surface area contributed by atoms with Crippen LogP contribution in [0.2, 0.25) is 0 Å². The normalized spacial score (nSPS) is 10.3. The maximum Gasteiger partial charge on any atom is 0.133 e. The van der Waals surface area contributed by atoms with Gasteiger partial charge in [0.1, 0.15) is 16.2 Å². The molecule has 2 aromatic rings. The van der Waals surface area contributed by atoms with Crippen molar-refractivity contribution in [1.82, 2.24) is 9.97 Å². The summed E-state index contributed by atoms with van der Waals surface area (Å²) in [4.78, 5) is 7.48. The summed E-state index contributed by atoms with van der Waals surface area (Å²) in [6.07, 6.45) is 0. The Labute approximate surface area is 105 Å². The lowest BCUT2D eigenvalue weighted by atomic mass is 10.1. The Morgan fingerprint density at radius 1 is 1.18 bits per heavy atom. The van der Waals surface area contributed by atoms with Crippen molar-refractivity contribution >= 4 is 12.2 Å². The Morgan fingerprint density at radius 2 is 1.82 bits per heavy atom. The second-order valence-electron chi connectivity index (χ2n) is 3.86. The SMILES string of the molecule is COc1ccc(-c2[nH]c(C)nc(=S)c2C)cc1. The summed E-state index contributed by atoms with van der Waals surface area (Å²) in [5.74, 6) is 1.67. The standard InChI is InChI=1S/C13H14N2OS/c1-8-12(14-9(2)15-13(8)17)10-4-6-11(16-3)7-5-10/h4-7H,1-3H3,(H,14,15,17). The zero-order chi connectivity index (χ0) is 12.4. The average Bonchev–Trinajstić information content (AvgIpc) is 2.34. The summed E-state index contributed by atoms with van der Waals surface area (Å²) in [6.45, 7) is 3.88. The van der Waals surface area contributed by atoms with Crippen molar-refractivity contribution in [2.75, 3.05) is 7.11 Å².